The van der Waals surface area contributed by atoms with Gasteiger partial charge in [0.1, 0.15) is 5.00 Å². The molecule has 0 unspecified atom stereocenters. The highest BCUT2D eigenvalue weighted by Gasteiger charge is 2.05. The van der Waals surface area contributed by atoms with E-state index in [0.29, 0.717) is 0 Å². The highest BCUT2D eigenvalue weighted by atomic mass is 32.1. The quantitative estimate of drug-likeness (QED) is 0.238. The summed E-state index contributed by atoms with van der Waals surface area (Å²) in [7, 11) is 0. The van der Waals surface area contributed by atoms with Crippen LogP contribution in [0.4, 0.5) is 51.4 Å². The van der Waals surface area contributed by atoms with Gasteiger partial charge < -0.3 is 33.6 Å². The Balaban J connectivity index is 1.39. The van der Waals surface area contributed by atoms with Crippen molar-refractivity contribution in [3.63, 3.8) is 0 Å². The van der Waals surface area contributed by atoms with Crippen molar-refractivity contribution in [3.8, 4) is 0 Å². The highest BCUT2D eigenvalue weighted by Crippen LogP contribution is 2.30. The second kappa shape index (κ2) is 8.42. The lowest BCUT2D eigenvalue weighted by Crippen LogP contribution is -2.06. The van der Waals surface area contributed by atoms with Crippen molar-refractivity contribution in [3.05, 3.63) is 42.0 Å². The Morgan fingerprint density at radius 3 is 1.81 bits per heavy atom. The number of hydrogen-bond donors (Lipinski definition) is 6. The number of thiophene rings is 1. The van der Waals surface area contributed by atoms with Crippen LogP contribution in [0.15, 0.2) is 41.4 Å². The van der Waals surface area contributed by atoms with Gasteiger partial charge in [0, 0.05) is 11.9 Å². The zero-order valence-corrected chi connectivity index (χ0v) is 16.7. The monoisotopic (exact) mass is 435 g/mol. The second-order valence-corrected chi connectivity index (χ2v) is 7.08. The average molecular weight is 435 g/mol. The third-order valence-corrected chi connectivity index (χ3v) is 4.58. The minimum absolute atomic E-state index is 0.0465. The summed E-state index contributed by atoms with van der Waals surface area (Å²) in [5, 5.41) is 7.61. The number of anilines is 8. The summed E-state index contributed by atoms with van der Waals surface area (Å²) in [4.78, 5) is 27.8. The molecule has 0 aliphatic carbocycles. The first-order valence-electron chi connectivity index (χ1n) is 8.75. The van der Waals surface area contributed by atoms with E-state index >= 15 is 0 Å². The van der Waals surface area contributed by atoms with Crippen molar-refractivity contribution in [2.75, 3.05) is 33.6 Å². The molecule has 0 radical (unpaired) electrons. The lowest BCUT2D eigenvalue weighted by Gasteiger charge is -2.05. The Morgan fingerprint density at radius 1 is 0.677 bits per heavy atom. The normalized spacial score (nSPS) is 11.0. The number of nitrogens with zero attached hydrogens (tertiary/aromatic N) is 7. The molecular formula is C17H17N13S. The largest absolute Gasteiger partial charge is 0.368 e. The van der Waals surface area contributed by atoms with Crippen molar-refractivity contribution in [2.45, 2.75) is 0 Å². The van der Waals surface area contributed by atoms with Gasteiger partial charge >= 0.3 is 0 Å². The third-order valence-electron chi connectivity index (χ3n) is 3.67. The van der Waals surface area contributed by atoms with Gasteiger partial charge in [-0.05, 0) is 29.8 Å². The van der Waals surface area contributed by atoms with E-state index < -0.39 is 0 Å². The number of nitrogens with one attached hydrogen (secondary N) is 2. The predicted octanol–water partition coefficient (Wildman–Crippen LogP) is 1.68. The third kappa shape index (κ3) is 5.27. The summed E-state index contributed by atoms with van der Waals surface area (Å²) in [6.45, 7) is 0. The van der Waals surface area contributed by atoms with Crippen LogP contribution in [-0.2, 0) is 0 Å². The van der Waals surface area contributed by atoms with Gasteiger partial charge in [0.25, 0.3) is 0 Å². The summed E-state index contributed by atoms with van der Waals surface area (Å²) < 4.78 is 0. The molecule has 3 aromatic heterocycles. The number of nitrogens with two attached hydrogens (primary N) is 4. The molecule has 0 bridgehead atoms. The maximum absolute atomic E-state index is 5.57. The van der Waals surface area contributed by atoms with E-state index in [1.807, 2.05) is 36.4 Å². The summed E-state index contributed by atoms with van der Waals surface area (Å²) in [5.74, 6) is 0.728. The molecule has 4 rings (SSSR count). The van der Waals surface area contributed by atoms with E-state index in [9.17, 15) is 0 Å². The fourth-order valence-electron chi connectivity index (χ4n) is 2.42. The molecule has 4 aromatic rings. The van der Waals surface area contributed by atoms with Crippen molar-refractivity contribution >= 4 is 68.9 Å². The predicted molar refractivity (Wildman–Crippen MR) is 122 cm³/mol. The molecule has 3 heterocycles. The molecule has 14 heteroatoms. The van der Waals surface area contributed by atoms with E-state index in [1.54, 1.807) is 6.21 Å². The number of aliphatic imine (C=N–C) groups is 1. The molecule has 13 nitrogen and oxygen atoms in total. The summed E-state index contributed by atoms with van der Waals surface area (Å²) in [6.07, 6.45) is 1.75. The molecule has 0 saturated heterocycles. The molecule has 0 atom stereocenters. The van der Waals surface area contributed by atoms with Crippen molar-refractivity contribution < 1.29 is 0 Å². The SMILES string of the molecule is Nc1nc(N)nc(Nc2ccc(C=Nc3ccc(Nc4nc(N)nc(N)n4)s3)cc2)n1. The van der Waals surface area contributed by atoms with Gasteiger partial charge in [-0.2, -0.15) is 29.9 Å². The Kier molecular flexibility index (Phi) is 5.35. The molecule has 10 N–H and O–H groups in total. The van der Waals surface area contributed by atoms with E-state index in [0.717, 1.165) is 21.3 Å². The fourth-order valence-corrected chi connectivity index (χ4v) is 3.17. The van der Waals surface area contributed by atoms with Crippen LogP contribution in [-0.4, -0.2) is 36.1 Å². The van der Waals surface area contributed by atoms with Crippen LogP contribution in [0.3, 0.4) is 0 Å². The maximum Gasteiger partial charge on any atom is 0.234 e. The molecular weight excluding hydrogens is 418 g/mol. The maximum atomic E-state index is 5.57. The zero-order valence-electron chi connectivity index (χ0n) is 15.9. The first-order valence-corrected chi connectivity index (χ1v) is 9.57. The van der Waals surface area contributed by atoms with Crippen LogP contribution < -0.4 is 33.6 Å². The van der Waals surface area contributed by atoms with E-state index in [4.69, 9.17) is 22.9 Å². The van der Waals surface area contributed by atoms with E-state index in [-0.39, 0.29) is 35.7 Å². The fraction of sp³-hybridized carbons (Fsp3) is 0. The van der Waals surface area contributed by atoms with Crippen LogP contribution in [0.2, 0.25) is 0 Å². The van der Waals surface area contributed by atoms with Gasteiger partial charge in [-0.15, -0.1) is 0 Å². The van der Waals surface area contributed by atoms with Crippen molar-refractivity contribution in [2.24, 2.45) is 4.99 Å². The first kappa shape index (κ1) is 19.7. The second-order valence-electron chi connectivity index (χ2n) is 6.02. The number of aromatic nitrogens is 6. The van der Waals surface area contributed by atoms with Gasteiger partial charge in [-0.1, -0.05) is 23.5 Å². The number of benzene rings is 1. The molecule has 0 saturated carbocycles. The van der Waals surface area contributed by atoms with Crippen LogP contribution >= 0.6 is 11.3 Å². The number of hydrogen-bond acceptors (Lipinski definition) is 14. The van der Waals surface area contributed by atoms with Crippen LogP contribution in [0.1, 0.15) is 5.56 Å². The van der Waals surface area contributed by atoms with Crippen molar-refractivity contribution in [1.82, 2.24) is 29.9 Å². The molecule has 1 aromatic carbocycles. The Labute approximate surface area is 179 Å². The van der Waals surface area contributed by atoms with E-state index in [1.165, 1.54) is 11.3 Å². The van der Waals surface area contributed by atoms with Gasteiger partial charge in [0.15, 0.2) is 0 Å². The Bertz CT molecular complexity index is 1190. The smallest absolute Gasteiger partial charge is 0.234 e. The minimum Gasteiger partial charge on any atom is -0.368 e. The van der Waals surface area contributed by atoms with Crippen LogP contribution in [0, 0.1) is 0 Å². The number of rotatable bonds is 6. The molecule has 0 spiro atoms. The first-order chi connectivity index (χ1) is 14.9. The van der Waals surface area contributed by atoms with Gasteiger partial charge in [0.2, 0.25) is 35.7 Å². The Morgan fingerprint density at radius 2 is 1.23 bits per heavy atom. The topological polar surface area (TPSA) is 218 Å². The van der Waals surface area contributed by atoms with Gasteiger partial charge in [0.05, 0.1) is 5.00 Å². The zero-order chi connectivity index (χ0) is 21.8. The molecule has 0 fully saturated rings. The lowest BCUT2D eigenvalue weighted by molar-refractivity contribution is 1.08. The van der Waals surface area contributed by atoms with Crippen LogP contribution in [0.5, 0.6) is 0 Å². The van der Waals surface area contributed by atoms with Gasteiger partial charge in [-0.25, -0.2) is 4.99 Å². The van der Waals surface area contributed by atoms with Crippen LogP contribution in [0.25, 0.3) is 0 Å². The Hall–Kier alpha value is -4.59. The summed E-state index contributed by atoms with van der Waals surface area (Å²) in [5.41, 5.74) is 23.9. The lowest BCUT2D eigenvalue weighted by atomic mass is 10.2. The molecule has 31 heavy (non-hydrogen) atoms. The van der Waals surface area contributed by atoms with E-state index in [2.05, 4.69) is 45.5 Å². The molecule has 0 aliphatic rings. The molecule has 0 aliphatic heterocycles. The summed E-state index contributed by atoms with van der Waals surface area (Å²) in [6, 6.07) is 11.2. The molecule has 156 valence electrons. The van der Waals surface area contributed by atoms with Gasteiger partial charge in [-0.3, -0.25) is 0 Å². The highest BCUT2D eigenvalue weighted by molar-refractivity contribution is 7.19. The standard InChI is InChI=1S/C17H17N13S/c18-12-25-13(19)28-16(27-12)23-9-3-1-8(2-4-9)7-22-10-5-6-11(31-10)24-17-29-14(20)26-15(21)30-17/h1-7H,(H5,18,19,23,25,27,28)(H5,20,21,24,26,29,30). The number of nitrogen functional groups attached to an aromatic ring is 4. The average Bonchev–Trinajstić information content (AvgIpc) is 3.13. The minimum atomic E-state index is 0.0465. The van der Waals surface area contributed by atoms with Crippen molar-refractivity contribution in [1.29, 1.82) is 0 Å². The summed E-state index contributed by atoms with van der Waals surface area (Å²) >= 11 is 1.42. The molecule has 0 amide bonds.